The van der Waals surface area contributed by atoms with Crippen LogP contribution in [0.2, 0.25) is 0 Å². The van der Waals surface area contributed by atoms with Crippen LogP contribution in [0.15, 0.2) is 23.1 Å². The molecule has 1 N–H and O–H groups in total. The number of halogens is 1. The van der Waals surface area contributed by atoms with Crippen LogP contribution in [0.25, 0.3) is 0 Å². The number of carboxylic acids is 1. The third-order valence-corrected chi connectivity index (χ3v) is 4.32. The quantitative estimate of drug-likeness (QED) is 0.811. The van der Waals surface area contributed by atoms with Gasteiger partial charge in [-0.15, -0.1) is 0 Å². The number of aromatic carboxylic acids is 1. The van der Waals surface area contributed by atoms with Gasteiger partial charge in [0.15, 0.2) is 9.84 Å². The van der Waals surface area contributed by atoms with E-state index in [1.54, 1.807) is 0 Å². The molecular weight excluding hydrogens is 289 g/mol. The van der Waals surface area contributed by atoms with Gasteiger partial charge in [0.05, 0.1) is 16.2 Å². The Morgan fingerprint density at radius 3 is 2.40 bits per heavy atom. The number of sulfone groups is 1. The molecule has 0 aromatic heterocycles. The van der Waals surface area contributed by atoms with Gasteiger partial charge in [0.25, 0.3) is 0 Å². The van der Waals surface area contributed by atoms with Crippen molar-refractivity contribution in [2.24, 2.45) is 0 Å². The number of hydrogen-bond acceptors (Lipinski definition) is 4. The van der Waals surface area contributed by atoms with E-state index in [1.165, 1.54) is 19.0 Å². The van der Waals surface area contributed by atoms with Gasteiger partial charge in [-0.3, -0.25) is 4.79 Å². The van der Waals surface area contributed by atoms with Crippen LogP contribution >= 0.6 is 0 Å². The molecule has 0 heterocycles. The van der Waals surface area contributed by atoms with Gasteiger partial charge < -0.3 is 10.0 Å². The maximum atomic E-state index is 13.2. The third-order valence-electron chi connectivity index (χ3n) is 2.61. The van der Waals surface area contributed by atoms with Gasteiger partial charge in [0.2, 0.25) is 5.91 Å². The SMILES string of the molecule is CN(C)C(=O)CCS(=O)(=O)c1ccc(F)c(C(=O)O)c1. The maximum Gasteiger partial charge on any atom is 0.338 e. The monoisotopic (exact) mass is 303 g/mol. The molecule has 110 valence electrons. The van der Waals surface area contributed by atoms with Crippen LogP contribution in [-0.4, -0.2) is 50.1 Å². The van der Waals surface area contributed by atoms with Crippen LogP contribution in [0.5, 0.6) is 0 Å². The van der Waals surface area contributed by atoms with E-state index >= 15 is 0 Å². The fourth-order valence-electron chi connectivity index (χ4n) is 1.42. The first-order valence-electron chi connectivity index (χ1n) is 5.61. The van der Waals surface area contributed by atoms with Gasteiger partial charge in [-0.2, -0.15) is 0 Å². The molecule has 0 bridgehead atoms. The third kappa shape index (κ3) is 3.77. The fraction of sp³-hybridized carbons (Fsp3) is 0.333. The van der Waals surface area contributed by atoms with Gasteiger partial charge in [-0.1, -0.05) is 0 Å². The molecule has 0 spiro atoms. The minimum absolute atomic E-state index is 0.227. The number of carbonyl (C=O) groups is 2. The molecule has 0 aliphatic heterocycles. The number of carbonyl (C=O) groups excluding carboxylic acids is 1. The molecule has 1 aromatic rings. The van der Waals surface area contributed by atoms with Crippen molar-refractivity contribution < 1.29 is 27.5 Å². The van der Waals surface area contributed by atoms with Crippen LogP contribution in [0.3, 0.4) is 0 Å². The predicted octanol–water partition coefficient (Wildman–Crippen LogP) is 0.776. The Hall–Kier alpha value is -1.96. The second-order valence-corrected chi connectivity index (χ2v) is 6.41. The minimum Gasteiger partial charge on any atom is -0.478 e. The standard InChI is InChI=1S/C12H14FNO5S/c1-14(2)11(15)5-6-20(18,19)8-3-4-10(13)9(7-8)12(16)17/h3-4,7H,5-6H2,1-2H3,(H,16,17). The Morgan fingerprint density at radius 2 is 1.90 bits per heavy atom. The fourth-order valence-corrected chi connectivity index (χ4v) is 2.68. The summed E-state index contributed by atoms with van der Waals surface area (Å²) in [6, 6.07) is 2.52. The first-order chi connectivity index (χ1) is 9.15. The summed E-state index contributed by atoms with van der Waals surface area (Å²) in [6.07, 6.45) is -0.227. The molecule has 0 unspecified atom stereocenters. The average Bonchev–Trinajstić information content (AvgIpc) is 2.35. The van der Waals surface area contributed by atoms with E-state index in [2.05, 4.69) is 0 Å². The Bertz CT molecular complexity index is 639. The largest absolute Gasteiger partial charge is 0.478 e. The molecule has 0 atom stereocenters. The van der Waals surface area contributed by atoms with E-state index < -0.39 is 32.9 Å². The minimum atomic E-state index is -3.84. The second kappa shape index (κ2) is 6.00. The lowest BCUT2D eigenvalue weighted by atomic mass is 10.2. The second-order valence-electron chi connectivity index (χ2n) is 4.30. The molecule has 0 fully saturated rings. The summed E-state index contributed by atoms with van der Waals surface area (Å²) in [6.45, 7) is 0. The van der Waals surface area contributed by atoms with Crippen molar-refractivity contribution in [2.75, 3.05) is 19.8 Å². The highest BCUT2D eigenvalue weighted by Crippen LogP contribution is 2.17. The molecule has 1 aromatic carbocycles. The topological polar surface area (TPSA) is 91.8 Å². The lowest BCUT2D eigenvalue weighted by molar-refractivity contribution is -0.128. The van der Waals surface area contributed by atoms with Crippen molar-refractivity contribution in [3.63, 3.8) is 0 Å². The zero-order valence-electron chi connectivity index (χ0n) is 11.0. The Labute approximate surface area is 115 Å². The summed E-state index contributed by atoms with van der Waals surface area (Å²) in [7, 11) is -0.848. The molecule has 8 heteroatoms. The van der Waals surface area contributed by atoms with E-state index in [4.69, 9.17) is 5.11 Å². The highest BCUT2D eigenvalue weighted by atomic mass is 32.2. The van der Waals surface area contributed by atoms with E-state index in [0.29, 0.717) is 0 Å². The zero-order valence-corrected chi connectivity index (χ0v) is 11.8. The molecule has 0 saturated carbocycles. The highest BCUT2D eigenvalue weighted by Gasteiger charge is 2.20. The molecule has 1 rings (SSSR count). The number of benzene rings is 1. The molecule has 0 aliphatic carbocycles. The van der Waals surface area contributed by atoms with E-state index in [0.717, 1.165) is 18.2 Å². The lowest BCUT2D eigenvalue weighted by Gasteiger charge is -2.10. The number of rotatable bonds is 5. The number of hydrogen-bond donors (Lipinski definition) is 1. The first-order valence-corrected chi connectivity index (χ1v) is 7.26. The number of carboxylic acid groups (broad SMARTS) is 1. The summed E-state index contributed by atoms with van der Waals surface area (Å²) in [5.74, 6) is -3.40. The lowest BCUT2D eigenvalue weighted by Crippen LogP contribution is -2.24. The number of nitrogens with zero attached hydrogens (tertiary/aromatic N) is 1. The van der Waals surface area contributed by atoms with Gasteiger partial charge >= 0.3 is 5.97 Å². The van der Waals surface area contributed by atoms with Crippen molar-refractivity contribution in [1.82, 2.24) is 4.90 Å². The van der Waals surface area contributed by atoms with Crippen LogP contribution < -0.4 is 0 Å². The number of amides is 1. The van der Waals surface area contributed by atoms with E-state index in [9.17, 15) is 22.4 Å². The molecule has 0 saturated heterocycles. The van der Waals surface area contributed by atoms with Gasteiger partial charge in [0.1, 0.15) is 5.82 Å². The Balaban J connectivity index is 3.02. The van der Waals surface area contributed by atoms with Crippen molar-refractivity contribution in [3.8, 4) is 0 Å². The summed E-state index contributed by atoms with van der Waals surface area (Å²) >= 11 is 0. The zero-order chi connectivity index (χ0) is 15.5. The molecule has 0 radical (unpaired) electrons. The molecule has 6 nitrogen and oxygen atoms in total. The average molecular weight is 303 g/mol. The van der Waals surface area contributed by atoms with Crippen molar-refractivity contribution in [2.45, 2.75) is 11.3 Å². The summed E-state index contributed by atoms with van der Waals surface area (Å²) < 4.78 is 37.1. The van der Waals surface area contributed by atoms with Crippen LogP contribution in [0.1, 0.15) is 16.8 Å². The molecular formula is C12H14FNO5S. The van der Waals surface area contributed by atoms with Crippen LogP contribution in [0, 0.1) is 5.82 Å². The van der Waals surface area contributed by atoms with Crippen molar-refractivity contribution in [1.29, 1.82) is 0 Å². The summed E-state index contributed by atoms with van der Waals surface area (Å²) in [4.78, 5) is 23.1. The van der Waals surface area contributed by atoms with E-state index in [-0.39, 0.29) is 17.2 Å². The highest BCUT2D eigenvalue weighted by molar-refractivity contribution is 7.91. The van der Waals surface area contributed by atoms with Crippen LogP contribution in [-0.2, 0) is 14.6 Å². The Morgan fingerprint density at radius 1 is 1.30 bits per heavy atom. The predicted molar refractivity (Wildman–Crippen MR) is 68.7 cm³/mol. The maximum absolute atomic E-state index is 13.2. The molecule has 1 amide bonds. The smallest absolute Gasteiger partial charge is 0.338 e. The summed E-state index contributed by atoms with van der Waals surface area (Å²) in [5, 5.41) is 8.75. The first kappa shape index (κ1) is 16.1. The molecule has 20 heavy (non-hydrogen) atoms. The normalized spacial score (nSPS) is 11.2. The van der Waals surface area contributed by atoms with Crippen molar-refractivity contribution in [3.05, 3.63) is 29.6 Å². The van der Waals surface area contributed by atoms with Crippen molar-refractivity contribution >= 4 is 21.7 Å². The van der Waals surface area contributed by atoms with Gasteiger partial charge in [0, 0.05) is 20.5 Å². The summed E-state index contributed by atoms with van der Waals surface area (Å²) in [5.41, 5.74) is -0.718. The Kier molecular flexibility index (Phi) is 4.83. The van der Waals surface area contributed by atoms with Crippen LogP contribution in [0.4, 0.5) is 4.39 Å². The molecule has 0 aliphatic rings. The van der Waals surface area contributed by atoms with Gasteiger partial charge in [-0.05, 0) is 18.2 Å². The van der Waals surface area contributed by atoms with Gasteiger partial charge in [-0.25, -0.2) is 17.6 Å². The van der Waals surface area contributed by atoms with E-state index in [1.807, 2.05) is 0 Å².